The van der Waals surface area contributed by atoms with Crippen molar-refractivity contribution >= 4 is 17.0 Å². The second-order valence-corrected chi connectivity index (χ2v) is 11.4. The van der Waals surface area contributed by atoms with Gasteiger partial charge in [0.05, 0.1) is 0 Å². The lowest BCUT2D eigenvalue weighted by Crippen LogP contribution is -2.48. The summed E-state index contributed by atoms with van der Waals surface area (Å²) in [5.74, 6) is 1.37. The lowest BCUT2D eigenvalue weighted by atomic mass is 9.90. The third kappa shape index (κ3) is 7.09. The SMILES string of the molecule is CC(C)N1CCN(Cc2ccc(-c3c[nH]c4nc(NC5CC5)ncc34)cc2)CC1.OCC1CCCCC1. The van der Waals surface area contributed by atoms with Crippen molar-refractivity contribution in [1.29, 1.82) is 0 Å². The number of aromatic amines is 1. The van der Waals surface area contributed by atoms with E-state index in [2.05, 4.69) is 68.2 Å². The third-order valence-corrected chi connectivity index (χ3v) is 8.13. The topological polar surface area (TPSA) is 80.3 Å². The van der Waals surface area contributed by atoms with Crippen LogP contribution in [0.25, 0.3) is 22.2 Å². The maximum atomic E-state index is 8.69. The minimum atomic E-state index is 0.417. The minimum absolute atomic E-state index is 0.417. The molecule has 1 aliphatic heterocycles. The van der Waals surface area contributed by atoms with E-state index in [0.717, 1.165) is 42.2 Å². The van der Waals surface area contributed by atoms with E-state index >= 15 is 0 Å². The number of aromatic nitrogens is 3. The van der Waals surface area contributed by atoms with Crippen LogP contribution in [0.3, 0.4) is 0 Å². The van der Waals surface area contributed by atoms with E-state index in [-0.39, 0.29) is 0 Å². The Hall–Kier alpha value is -2.48. The number of piperazine rings is 1. The highest BCUT2D eigenvalue weighted by molar-refractivity contribution is 5.93. The Morgan fingerprint density at radius 2 is 1.73 bits per heavy atom. The van der Waals surface area contributed by atoms with Gasteiger partial charge in [-0.3, -0.25) is 9.80 Å². The molecular formula is C30H44N6O. The molecule has 2 aliphatic carbocycles. The summed E-state index contributed by atoms with van der Waals surface area (Å²) < 4.78 is 0. The van der Waals surface area contributed by atoms with Crippen molar-refractivity contribution in [1.82, 2.24) is 24.8 Å². The fraction of sp³-hybridized carbons (Fsp3) is 0.600. The van der Waals surface area contributed by atoms with Crippen LogP contribution in [0.2, 0.25) is 0 Å². The second kappa shape index (κ2) is 12.4. The van der Waals surface area contributed by atoms with E-state index in [0.29, 0.717) is 24.6 Å². The van der Waals surface area contributed by atoms with Gasteiger partial charge in [0.2, 0.25) is 5.95 Å². The molecule has 7 nitrogen and oxygen atoms in total. The molecule has 2 saturated carbocycles. The number of nitrogens with zero attached hydrogens (tertiary/aromatic N) is 4. The zero-order chi connectivity index (χ0) is 25.6. The standard InChI is InChI=1S/C23H30N6.C7H14O/c1-16(2)29-11-9-28(10-12-29)15-17-3-5-18(6-4-17)20-13-24-22-21(20)14-25-23(27-22)26-19-7-8-19;8-6-7-4-2-1-3-5-7/h3-6,13-14,16,19H,7-12,15H2,1-2H3,(H2,24,25,26,27);7-8H,1-6H2. The Balaban J connectivity index is 0.000000301. The summed E-state index contributed by atoms with van der Waals surface area (Å²) in [4.78, 5) is 17.6. The maximum Gasteiger partial charge on any atom is 0.224 e. The smallest absolute Gasteiger partial charge is 0.224 e. The molecule has 1 aromatic carbocycles. The number of aliphatic hydroxyl groups is 1. The molecule has 0 amide bonds. The van der Waals surface area contributed by atoms with Crippen LogP contribution in [0.1, 0.15) is 64.4 Å². The first-order valence-corrected chi connectivity index (χ1v) is 14.4. The predicted molar refractivity (Wildman–Crippen MR) is 152 cm³/mol. The van der Waals surface area contributed by atoms with Crippen LogP contribution < -0.4 is 5.32 Å². The van der Waals surface area contributed by atoms with Crippen molar-refractivity contribution in [2.45, 2.75) is 77.4 Å². The van der Waals surface area contributed by atoms with Gasteiger partial charge in [-0.1, -0.05) is 43.5 Å². The van der Waals surface area contributed by atoms with Gasteiger partial charge in [0.1, 0.15) is 5.65 Å². The average Bonchev–Trinajstić information content (AvgIpc) is 3.66. The Labute approximate surface area is 221 Å². The van der Waals surface area contributed by atoms with E-state index in [4.69, 9.17) is 5.11 Å². The summed E-state index contributed by atoms with van der Waals surface area (Å²) in [6, 6.07) is 10.2. The number of H-pyrrole nitrogens is 1. The summed E-state index contributed by atoms with van der Waals surface area (Å²) in [6.07, 6.45) is 13.0. The van der Waals surface area contributed by atoms with Crippen molar-refractivity contribution in [3.8, 4) is 11.1 Å². The van der Waals surface area contributed by atoms with Gasteiger partial charge >= 0.3 is 0 Å². The molecule has 0 bridgehead atoms. The predicted octanol–water partition coefficient (Wildman–Crippen LogP) is 5.28. The summed E-state index contributed by atoms with van der Waals surface area (Å²) in [7, 11) is 0. The van der Waals surface area contributed by atoms with Gasteiger partial charge < -0.3 is 15.4 Å². The third-order valence-electron chi connectivity index (χ3n) is 8.13. The van der Waals surface area contributed by atoms with Crippen molar-refractivity contribution < 1.29 is 5.11 Å². The van der Waals surface area contributed by atoms with E-state index < -0.39 is 0 Å². The van der Waals surface area contributed by atoms with Crippen LogP contribution in [0.5, 0.6) is 0 Å². The van der Waals surface area contributed by atoms with Crippen molar-refractivity contribution in [3.05, 3.63) is 42.2 Å². The molecule has 3 aliphatic rings. The van der Waals surface area contributed by atoms with Crippen LogP contribution in [0.15, 0.2) is 36.7 Å². The molecule has 6 rings (SSSR count). The van der Waals surface area contributed by atoms with E-state index in [1.165, 1.54) is 69.2 Å². The Morgan fingerprint density at radius 3 is 2.35 bits per heavy atom. The first-order chi connectivity index (χ1) is 18.1. The van der Waals surface area contributed by atoms with Gasteiger partial charge in [-0.05, 0) is 56.6 Å². The normalized spacial score (nSPS) is 19.7. The van der Waals surface area contributed by atoms with Gasteiger partial charge in [-0.25, -0.2) is 4.98 Å². The first kappa shape index (κ1) is 26.1. The fourth-order valence-electron chi connectivity index (χ4n) is 5.48. The second-order valence-electron chi connectivity index (χ2n) is 11.4. The Bertz CT molecular complexity index is 1110. The number of fused-ring (bicyclic) bond motifs is 1. The van der Waals surface area contributed by atoms with Crippen LogP contribution in [-0.2, 0) is 6.54 Å². The minimum Gasteiger partial charge on any atom is -0.396 e. The summed E-state index contributed by atoms with van der Waals surface area (Å²) >= 11 is 0. The lowest BCUT2D eigenvalue weighted by molar-refractivity contribution is 0.104. The molecule has 0 unspecified atom stereocenters. The fourth-order valence-corrected chi connectivity index (χ4v) is 5.48. The molecule has 3 N–H and O–H groups in total. The molecule has 2 aromatic heterocycles. The lowest BCUT2D eigenvalue weighted by Gasteiger charge is -2.36. The van der Waals surface area contributed by atoms with Gasteiger partial charge in [0.15, 0.2) is 0 Å². The molecule has 1 saturated heterocycles. The maximum absolute atomic E-state index is 8.69. The molecule has 3 heterocycles. The summed E-state index contributed by atoms with van der Waals surface area (Å²) in [5, 5.41) is 13.1. The number of aliphatic hydroxyl groups excluding tert-OH is 1. The van der Waals surface area contributed by atoms with E-state index in [1.807, 2.05) is 12.4 Å². The number of hydrogen-bond acceptors (Lipinski definition) is 6. The quantitative estimate of drug-likeness (QED) is 0.406. The van der Waals surface area contributed by atoms with Crippen LogP contribution in [0.4, 0.5) is 5.95 Å². The summed E-state index contributed by atoms with van der Waals surface area (Å²) in [5.41, 5.74) is 4.63. The van der Waals surface area contributed by atoms with Crippen LogP contribution in [-0.4, -0.2) is 74.7 Å². The Morgan fingerprint density at radius 1 is 1.00 bits per heavy atom. The zero-order valence-electron chi connectivity index (χ0n) is 22.6. The molecule has 37 heavy (non-hydrogen) atoms. The van der Waals surface area contributed by atoms with Crippen LogP contribution >= 0.6 is 0 Å². The van der Waals surface area contributed by atoms with Gasteiger partial charge in [0.25, 0.3) is 0 Å². The molecule has 3 fully saturated rings. The highest BCUT2D eigenvalue weighted by atomic mass is 16.3. The zero-order valence-corrected chi connectivity index (χ0v) is 22.6. The molecule has 3 aromatic rings. The highest BCUT2D eigenvalue weighted by Gasteiger charge is 2.22. The first-order valence-electron chi connectivity index (χ1n) is 14.4. The molecule has 0 atom stereocenters. The molecule has 200 valence electrons. The van der Waals surface area contributed by atoms with Crippen molar-refractivity contribution in [2.24, 2.45) is 5.92 Å². The van der Waals surface area contributed by atoms with E-state index in [9.17, 15) is 0 Å². The number of nitrogens with one attached hydrogen (secondary N) is 2. The molecule has 7 heteroatoms. The van der Waals surface area contributed by atoms with E-state index in [1.54, 1.807) is 0 Å². The Kier molecular flexibility index (Phi) is 8.74. The highest BCUT2D eigenvalue weighted by Crippen LogP contribution is 2.29. The number of benzene rings is 1. The summed E-state index contributed by atoms with van der Waals surface area (Å²) in [6.45, 7) is 10.7. The number of anilines is 1. The van der Waals surface area contributed by atoms with Gasteiger partial charge in [-0.2, -0.15) is 4.98 Å². The van der Waals surface area contributed by atoms with Crippen LogP contribution in [0, 0.1) is 5.92 Å². The monoisotopic (exact) mass is 504 g/mol. The molecule has 0 radical (unpaired) electrons. The number of rotatable bonds is 7. The average molecular weight is 505 g/mol. The molecule has 0 spiro atoms. The van der Waals surface area contributed by atoms with Gasteiger partial charge in [-0.15, -0.1) is 0 Å². The van der Waals surface area contributed by atoms with Crippen molar-refractivity contribution in [2.75, 3.05) is 38.1 Å². The number of hydrogen-bond donors (Lipinski definition) is 3. The van der Waals surface area contributed by atoms with Gasteiger partial charge in [0, 0.05) is 74.8 Å². The van der Waals surface area contributed by atoms with Crippen molar-refractivity contribution in [3.63, 3.8) is 0 Å². The largest absolute Gasteiger partial charge is 0.396 e. The molecular weight excluding hydrogens is 460 g/mol.